The van der Waals surface area contributed by atoms with Crippen LogP contribution in [0.25, 0.3) is 0 Å². The zero-order chi connectivity index (χ0) is 19.4. The van der Waals surface area contributed by atoms with Crippen LogP contribution in [0.3, 0.4) is 0 Å². The molecule has 150 valence electrons. The largest absolute Gasteiger partial charge is 0.338 e. The van der Waals surface area contributed by atoms with Crippen LogP contribution in [-0.2, 0) is 21.2 Å². The van der Waals surface area contributed by atoms with E-state index in [0.717, 1.165) is 26.2 Å². The van der Waals surface area contributed by atoms with Gasteiger partial charge in [-0.3, -0.25) is 14.6 Å². The Labute approximate surface area is 160 Å². The van der Waals surface area contributed by atoms with Gasteiger partial charge in [-0.1, -0.05) is 18.2 Å². The molecule has 2 aliphatic rings. The first-order valence-electron chi connectivity index (χ1n) is 9.56. The Morgan fingerprint density at radius 1 is 1.19 bits per heavy atom. The van der Waals surface area contributed by atoms with E-state index in [2.05, 4.69) is 9.80 Å². The van der Waals surface area contributed by atoms with Crippen molar-refractivity contribution in [2.45, 2.75) is 25.9 Å². The second-order valence-electron chi connectivity index (χ2n) is 7.38. The number of halogens is 1. The fourth-order valence-corrected chi connectivity index (χ4v) is 5.65. The summed E-state index contributed by atoms with van der Waals surface area (Å²) < 4.78 is 37.2. The second-order valence-corrected chi connectivity index (χ2v) is 9.61. The van der Waals surface area contributed by atoms with Gasteiger partial charge in [0.25, 0.3) is 0 Å². The van der Waals surface area contributed by atoms with Gasteiger partial charge in [-0.05, 0) is 19.4 Å². The van der Waals surface area contributed by atoms with E-state index in [9.17, 15) is 17.6 Å². The molecule has 2 fully saturated rings. The number of hydrogen-bond acceptors (Lipinski definition) is 5. The number of piperazine rings is 1. The van der Waals surface area contributed by atoms with Crippen LogP contribution in [0.15, 0.2) is 24.3 Å². The van der Waals surface area contributed by atoms with Crippen LogP contribution < -0.4 is 0 Å². The van der Waals surface area contributed by atoms with Gasteiger partial charge >= 0.3 is 0 Å². The molecule has 1 amide bonds. The first-order chi connectivity index (χ1) is 12.9. The number of benzene rings is 1. The van der Waals surface area contributed by atoms with E-state index >= 15 is 0 Å². The van der Waals surface area contributed by atoms with Gasteiger partial charge in [0.15, 0.2) is 9.84 Å². The van der Waals surface area contributed by atoms with Gasteiger partial charge in [0.1, 0.15) is 5.82 Å². The average Bonchev–Trinajstić information content (AvgIpc) is 2.99. The third-order valence-electron chi connectivity index (χ3n) is 5.49. The van der Waals surface area contributed by atoms with E-state index in [1.54, 1.807) is 17.0 Å². The summed E-state index contributed by atoms with van der Waals surface area (Å²) in [6.45, 7) is 6.40. The van der Waals surface area contributed by atoms with E-state index in [1.807, 2.05) is 13.0 Å². The summed E-state index contributed by atoms with van der Waals surface area (Å²) in [6, 6.07) is 6.63. The van der Waals surface area contributed by atoms with Gasteiger partial charge in [0.05, 0.1) is 18.1 Å². The van der Waals surface area contributed by atoms with Crippen LogP contribution in [0.5, 0.6) is 0 Å². The van der Waals surface area contributed by atoms with Crippen molar-refractivity contribution in [3.05, 3.63) is 35.6 Å². The summed E-state index contributed by atoms with van der Waals surface area (Å²) in [5.74, 6) is 0.0847. The average molecular weight is 398 g/mol. The summed E-state index contributed by atoms with van der Waals surface area (Å²) in [6.07, 6.45) is 0.540. The Hall–Kier alpha value is -1.51. The van der Waals surface area contributed by atoms with E-state index in [0.29, 0.717) is 31.6 Å². The molecule has 0 aromatic heterocycles. The van der Waals surface area contributed by atoms with Crippen molar-refractivity contribution in [2.24, 2.45) is 0 Å². The second kappa shape index (κ2) is 8.67. The normalized spacial score (nSPS) is 23.4. The Kier molecular flexibility index (Phi) is 6.49. The molecule has 0 radical (unpaired) electrons. The van der Waals surface area contributed by atoms with Crippen LogP contribution in [0.1, 0.15) is 18.9 Å². The number of rotatable bonds is 6. The molecule has 1 aromatic rings. The molecular weight excluding hydrogens is 369 g/mol. The predicted molar refractivity (Wildman–Crippen MR) is 103 cm³/mol. The SMILES string of the molecule is CCN(C(=O)CN1CCN(Cc2ccccc2F)CC1)C1CCS(=O)(=O)C1. The molecule has 0 bridgehead atoms. The number of likely N-dealkylation sites (N-methyl/N-ethyl adjacent to an activating group) is 1. The van der Waals surface area contributed by atoms with Crippen LogP contribution in [0, 0.1) is 5.82 Å². The number of nitrogens with zero attached hydrogens (tertiary/aromatic N) is 3. The van der Waals surface area contributed by atoms with Crippen molar-refractivity contribution < 1.29 is 17.6 Å². The molecule has 0 spiro atoms. The Balaban J connectivity index is 1.48. The minimum Gasteiger partial charge on any atom is -0.338 e. The first-order valence-corrected chi connectivity index (χ1v) is 11.4. The van der Waals surface area contributed by atoms with E-state index in [-0.39, 0.29) is 29.3 Å². The molecule has 1 unspecified atom stereocenters. The lowest BCUT2D eigenvalue weighted by atomic mass is 10.2. The fourth-order valence-electron chi connectivity index (χ4n) is 3.91. The molecule has 6 nitrogen and oxygen atoms in total. The smallest absolute Gasteiger partial charge is 0.237 e. The molecule has 1 atom stereocenters. The third kappa shape index (κ3) is 5.27. The zero-order valence-electron chi connectivity index (χ0n) is 15.8. The number of carbonyl (C=O) groups is 1. The molecule has 1 aromatic carbocycles. The quantitative estimate of drug-likeness (QED) is 0.716. The number of hydrogen-bond donors (Lipinski definition) is 0. The van der Waals surface area contributed by atoms with Crippen molar-refractivity contribution in [1.29, 1.82) is 0 Å². The molecule has 3 rings (SSSR count). The highest BCUT2D eigenvalue weighted by atomic mass is 32.2. The third-order valence-corrected chi connectivity index (χ3v) is 7.24. The molecule has 27 heavy (non-hydrogen) atoms. The van der Waals surface area contributed by atoms with Gasteiger partial charge in [-0.15, -0.1) is 0 Å². The van der Waals surface area contributed by atoms with Gasteiger partial charge in [-0.25, -0.2) is 12.8 Å². The summed E-state index contributed by atoms with van der Waals surface area (Å²) in [4.78, 5) is 18.7. The fraction of sp³-hybridized carbons (Fsp3) is 0.632. The molecule has 2 saturated heterocycles. The maximum absolute atomic E-state index is 13.8. The maximum atomic E-state index is 13.8. The minimum absolute atomic E-state index is 0.00199. The topological polar surface area (TPSA) is 60.9 Å². The standard InChI is InChI=1S/C19H28FN3O3S/c1-2-23(17-7-12-27(25,26)15-17)19(24)14-22-10-8-21(9-11-22)13-16-5-3-4-6-18(16)20/h3-6,17H,2,7-15H2,1H3. The molecule has 0 N–H and O–H groups in total. The van der Waals surface area contributed by atoms with Gasteiger partial charge in [0.2, 0.25) is 5.91 Å². The van der Waals surface area contributed by atoms with Gasteiger partial charge in [0, 0.05) is 50.9 Å². The van der Waals surface area contributed by atoms with Gasteiger partial charge < -0.3 is 4.90 Å². The van der Waals surface area contributed by atoms with Crippen molar-refractivity contribution in [1.82, 2.24) is 14.7 Å². The Morgan fingerprint density at radius 3 is 2.44 bits per heavy atom. The lowest BCUT2D eigenvalue weighted by Crippen LogP contribution is -2.51. The Bertz CT molecular complexity index is 763. The van der Waals surface area contributed by atoms with Crippen molar-refractivity contribution >= 4 is 15.7 Å². The van der Waals surface area contributed by atoms with E-state index in [4.69, 9.17) is 0 Å². The molecule has 8 heteroatoms. The highest BCUT2D eigenvalue weighted by Gasteiger charge is 2.34. The zero-order valence-corrected chi connectivity index (χ0v) is 16.6. The summed E-state index contributed by atoms with van der Waals surface area (Å²) in [5.41, 5.74) is 0.696. The minimum atomic E-state index is -3.00. The molecular formula is C19H28FN3O3S. The monoisotopic (exact) mass is 397 g/mol. The first kappa shape index (κ1) is 20.2. The van der Waals surface area contributed by atoms with Crippen molar-refractivity contribution in [2.75, 3.05) is 50.8 Å². The van der Waals surface area contributed by atoms with E-state index in [1.165, 1.54) is 6.07 Å². The summed E-state index contributed by atoms with van der Waals surface area (Å²) in [7, 11) is -3.00. The summed E-state index contributed by atoms with van der Waals surface area (Å²) in [5, 5.41) is 0. The number of carbonyl (C=O) groups excluding carboxylic acids is 1. The lowest BCUT2D eigenvalue weighted by molar-refractivity contribution is -0.134. The molecule has 2 heterocycles. The van der Waals surface area contributed by atoms with Crippen molar-refractivity contribution in [3.63, 3.8) is 0 Å². The molecule has 2 aliphatic heterocycles. The highest BCUT2D eigenvalue weighted by molar-refractivity contribution is 7.91. The molecule has 0 aliphatic carbocycles. The highest BCUT2D eigenvalue weighted by Crippen LogP contribution is 2.18. The lowest BCUT2D eigenvalue weighted by Gasteiger charge is -2.36. The Morgan fingerprint density at radius 2 is 1.85 bits per heavy atom. The molecule has 0 saturated carbocycles. The van der Waals surface area contributed by atoms with E-state index < -0.39 is 9.84 Å². The van der Waals surface area contributed by atoms with Crippen LogP contribution >= 0.6 is 0 Å². The summed E-state index contributed by atoms with van der Waals surface area (Å²) >= 11 is 0. The van der Waals surface area contributed by atoms with Crippen LogP contribution in [0.2, 0.25) is 0 Å². The predicted octanol–water partition coefficient (Wildman–Crippen LogP) is 0.979. The van der Waals surface area contributed by atoms with Crippen molar-refractivity contribution in [3.8, 4) is 0 Å². The number of amides is 1. The van der Waals surface area contributed by atoms with Crippen LogP contribution in [-0.4, -0.2) is 85.8 Å². The van der Waals surface area contributed by atoms with Crippen LogP contribution in [0.4, 0.5) is 4.39 Å². The number of sulfone groups is 1. The maximum Gasteiger partial charge on any atom is 0.237 e. The van der Waals surface area contributed by atoms with Gasteiger partial charge in [-0.2, -0.15) is 0 Å².